The van der Waals surface area contributed by atoms with Gasteiger partial charge in [-0.15, -0.1) is 0 Å². The zero-order valence-electron chi connectivity index (χ0n) is 13.7. The number of hydrogen-bond donors (Lipinski definition) is 3. The van der Waals surface area contributed by atoms with Gasteiger partial charge in [0.25, 0.3) is 0 Å². The van der Waals surface area contributed by atoms with Gasteiger partial charge in [-0.05, 0) is 42.5 Å². The molecule has 1 unspecified atom stereocenters. The fourth-order valence-corrected chi connectivity index (χ4v) is 3.18. The van der Waals surface area contributed by atoms with Crippen LogP contribution in [0.2, 0.25) is 0 Å². The summed E-state index contributed by atoms with van der Waals surface area (Å²) in [6.45, 7) is 0.180. The van der Waals surface area contributed by atoms with Crippen molar-refractivity contribution in [1.82, 2.24) is 5.32 Å². The quantitative estimate of drug-likeness (QED) is 0.809. The number of fused-ring (bicyclic) bond motifs is 1. The van der Waals surface area contributed by atoms with Crippen LogP contribution in [0, 0.1) is 0 Å². The molecule has 0 aliphatic heterocycles. The summed E-state index contributed by atoms with van der Waals surface area (Å²) in [7, 11) is 1.58. The van der Waals surface area contributed by atoms with Gasteiger partial charge >= 0.3 is 6.03 Å². The van der Waals surface area contributed by atoms with Crippen LogP contribution in [-0.2, 0) is 12.0 Å². The van der Waals surface area contributed by atoms with Gasteiger partial charge in [-0.2, -0.15) is 0 Å². The van der Waals surface area contributed by atoms with Crippen LogP contribution < -0.4 is 15.4 Å². The predicted octanol–water partition coefficient (Wildman–Crippen LogP) is 3.04. The van der Waals surface area contributed by atoms with Crippen LogP contribution in [0.1, 0.15) is 24.0 Å². The van der Waals surface area contributed by atoms with E-state index in [0.717, 1.165) is 24.0 Å². The van der Waals surface area contributed by atoms with Gasteiger partial charge in [0.2, 0.25) is 0 Å². The second kappa shape index (κ2) is 6.93. The van der Waals surface area contributed by atoms with Crippen LogP contribution in [0.15, 0.2) is 48.5 Å². The van der Waals surface area contributed by atoms with Crippen molar-refractivity contribution in [2.45, 2.75) is 24.9 Å². The summed E-state index contributed by atoms with van der Waals surface area (Å²) >= 11 is 0. The summed E-state index contributed by atoms with van der Waals surface area (Å²) in [6, 6.07) is 14.7. The summed E-state index contributed by atoms with van der Waals surface area (Å²) in [5, 5.41) is 16.5. The second-order valence-corrected chi connectivity index (χ2v) is 6.08. The molecule has 0 radical (unpaired) electrons. The molecule has 5 heteroatoms. The molecule has 0 spiro atoms. The van der Waals surface area contributed by atoms with Crippen molar-refractivity contribution in [1.29, 1.82) is 0 Å². The Balaban J connectivity index is 1.64. The topological polar surface area (TPSA) is 70.6 Å². The summed E-state index contributed by atoms with van der Waals surface area (Å²) < 4.78 is 5.13. The maximum absolute atomic E-state index is 12.1. The van der Waals surface area contributed by atoms with E-state index >= 15 is 0 Å². The first kappa shape index (κ1) is 16.3. The lowest BCUT2D eigenvalue weighted by Crippen LogP contribution is -2.44. The largest absolute Gasteiger partial charge is 0.497 e. The Morgan fingerprint density at radius 2 is 2.08 bits per heavy atom. The fourth-order valence-electron chi connectivity index (χ4n) is 3.18. The highest BCUT2D eigenvalue weighted by atomic mass is 16.5. The first-order chi connectivity index (χ1) is 11.6. The van der Waals surface area contributed by atoms with Crippen LogP contribution in [0.5, 0.6) is 5.75 Å². The van der Waals surface area contributed by atoms with Crippen molar-refractivity contribution in [3.8, 4) is 5.75 Å². The first-order valence-corrected chi connectivity index (χ1v) is 8.10. The predicted molar refractivity (Wildman–Crippen MR) is 93.3 cm³/mol. The van der Waals surface area contributed by atoms with Crippen LogP contribution in [-0.4, -0.2) is 24.8 Å². The third-order valence-corrected chi connectivity index (χ3v) is 4.42. The number of amides is 2. The molecule has 2 amide bonds. The first-order valence-electron chi connectivity index (χ1n) is 8.10. The molecule has 0 bridgehead atoms. The highest BCUT2D eigenvalue weighted by Crippen LogP contribution is 2.34. The Labute approximate surface area is 141 Å². The van der Waals surface area contributed by atoms with E-state index in [1.54, 1.807) is 25.3 Å². The lowest BCUT2D eigenvalue weighted by molar-refractivity contribution is 0.0221. The number of methoxy groups -OCH3 is 1. The Bertz CT molecular complexity index is 732. The molecule has 2 aromatic carbocycles. The lowest BCUT2D eigenvalue weighted by Gasteiger charge is -2.34. The zero-order valence-corrected chi connectivity index (χ0v) is 13.7. The number of urea groups is 1. The Morgan fingerprint density at radius 3 is 2.92 bits per heavy atom. The van der Waals surface area contributed by atoms with Crippen LogP contribution >= 0.6 is 0 Å². The molecule has 0 heterocycles. The molecular weight excluding hydrogens is 304 g/mol. The van der Waals surface area contributed by atoms with Crippen LogP contribution in [0.4, 0.5) is 10.5 Å². The van der Waals surface area contributed by atoms with Gasteiger partial charge in [0.05, 0.1) is 13.7 Å². The van der Waals surface area contributed by atoms with Gasteiger partial charge in [-0.1, -0.05) is 30.3 Å². The highest BCUT2D eigenvalue weighted by molar-refractivity contribution is 5.89. The molecule has 0 saturated heterocycles. The molecular formula is C19H22N2O3. The maximum Gasteiger partial charge on any atom is 0.319 e. The van der Waals surface area contributed by atoms with Gasteiger partial charge in [-0.3, -0.25) is 0 Å². The molecule has 0 fully saturated rings. The third kappa shape index (κ3) is 3.51. The zero-order chi connectivity index (χ0) is 17.0. The van der Waals surface area contributed by atoms with Gasteiger partial charge < -0.3 is 20.5 Å². The molecule has 1 aliphatic rings. The maximum atomic E-state index is 12.1. The number of anilines is 1. The van der Waals surface area contributed by atoms with Crippen molar-refractivity contribution >= 4 is 11.7 Å². The van der Waals surface area contributed by atoms with E-state index in [4.69, 9.17) is 4.74 Å². The minimum atomic E-state index is -1.01. The number of hydrogen-bond acceptors (Lipinski definition) is 3. The average molecular weight is 326 g/mol. The number of nitrogens with one attached hydrogen (secondary N) is 2. The molecule has 1 aliphatic carbocycles. The molecule has 3 rings (SSSR count). The summed E-state index contributed by atoms with van der Waals surface area (Å²) in [6.07, 6.45) is 2.52. The number of benzene rings is 2. The van der Waals surface area contributed by atoms with Crippen molar-refractivity contribution in [2.75, 3.05) is 19.0 Å². The van der Waals surface area contributed by atoms with Crippen molar-refractivity contribution in [3.63, 3.8) is 0 Å². The number of aliphatic hydroxyl groups is 1. The van der Waals surface area contributed by atoms with Crippen molar-refractivity contribution in [3.05, 3.63) is 59.7 Å². The number of aryl methyl sites for hydroxylation is 1. The minimum Gasteiger partial charge on any atom is -0.497 e. The molecule has 2 aromatic rings. The van der Waals surface area contributed by atoms with Crippen LogP contribution in [0.3, 0.4) is 0 Å². The molecule has 126 valence electrons. The average Bonchev–Trinajstić information content (AvgIpc) is 2.61. The molecule has 24 heavy (non-hydrogen) atoms. The number of ether oxygens (including phenoxy) is 1. The van der Waals surface area contributed by atoms with Crippen LogP contribution in [0.25, 0.3) is 0 Å². The Morgan fingerprint density at radius 1 is 1.25 bits per heavy atom. The number of rotatable bonds is 4. The molecule has 1 atom stereocenters. The van der Waals surface area contributed by atoms with E-state index in [0.29, 0.717) is 17.9 Å². The summed E-state index contributed by atoms with van der Waals surface area (Å²) in [5.74, 6) is 0.674. The smallest absolute Gasteiger partial charge is 0.319 e. The Hall–Kier alpha value is -2.53. The number of carbonyl (C=O) groups excluding carboxylic acids is 1. The normalized spacial score (nSPS) is 19.2. The van der Waals surface area contributed by atoms with Crippen molar-refractivity contribution in [2.24, 2.45) is 0 Å². The van der Waals surface area contributed by atoms with E-state index in [9.17, 15) is 9.90 Å². The standard InChI is InChI=1S/C19H22N2O3/c1-24-16-9-4-8-15(12-16)21-18(22)20-13-19(23)11-5-7-14-6-2-3-10-17(14)19/h2-4,6,8-10,12,23H,5,7,11,13H2,1H3,(H2,20,21,22). The highest BCUT2D eigenvalue weighted by Gasteiger charge is 2.34. The van der Waals surface area contributed by atoms with Gasteiger partial charge in [0.15, 0.2) is 0 Å². The number of carbonyl (C=O) groups is 1. The van der Waals surface area contributed by atoms with Crippen molar-refractivity contribution < 1.29 is 14.6 Å². The molecule has 0 saturated carbocycles. The lowest BCUT2D eigenvalue weighted by atomic mass is 9.79. The van der Waals surface area contributed by atoms with E-state index < -0.39 is 5.60 Å². The third-order valence-electron chi connectivity index (χ3n) is 4.42. The van der Waals surface area contributed by atoms with Gasteiger partial charge in [-0.25, -0.2) is 4.79 Å². The van der Waals surface area contributed by atoms with E-state index in [1.807, 2.05) is 30.3 Å². The monoisotopic (exact) mass is 326 g/mol. The van der Waals surface area contributed by atoms with E-state index in [-0.39, 0.29) is 12.6 Å². The van der Waals surface area contributed by atoms with Gasteiger partial charge in [0, 0.05) is 11.8 Å². The fraction of sp³-hybridized carbons (Fsp3) is 0.316. The minimum absolute atomic E-state index is 0.180. The summed E-state index contributed by atoms with van der Waals surface area (Å²) in [4.78, 5) is 12.1. The van der Waals surface area contributed by atoms with Gasteiger partial charge in [0.1, 0.15) is 11.4 Å². The molecule has 3 N–H and O–H groups in total. The SMILES string of the molecule is COc1cccc(NC(=O)NCC2(O)CCCc3ccccc32)c1. The molecule has 0 aromatic heterocycles. The van der Waals surface area contributed by atoms with E-state index in [2.05, 4.69) is 10.6 Å². The molecule has 5 nitrogen and oxygen atoms in total. The summed E-state index contributed by atoms with van der Waals surface area (Å²) in [5.41, 5.74) is 1.70. The van der Waals surface area contributed by atoms with E-state index in [1.165, 1.54) is 0 Å². The second-order valence-electron chi connectivity index (χ2n) is 6.08. The Kier molecular flexibility index (Phi) is 4.71.